The van der Waals surface area contributed by atoms with Crippen LogP contribution in [-0.2, 0) is 0 Å². The summed E-state index contributed by atoms with van der Waals surface area (Å²) >= 11 is 7.15. The molecular formula is C13H13ClN4OS. The van der Waals surface area contributed by atoms with E-state index in [9.17, 15) is 0 Å². The van der Waals surface area contributed by atoms with E-state index >= 15 is 0 Å². The number of oxime groups is 1. The first-order valence-corrected chi connectivity index (χ1v) is 6.96. The van der Waals surface area contributed by atoms with Gasteiger partial charge >= 0.3 is 0 Å². The van der Waals surface area contributed by atoms with Crippen LogP contribution < -0.4 is 5.73 Å². The van der Waals surface area contributed by atoms with Crippen LogP contribution in [0.2, 0.25) is 5.02 Å². The van der Waals surface area contributed by atoms with E-state index < -0.39 is 0 Å². The van der Waals surface area contributed by atoms with Gasteiger partial charge in [0, 0.05) is 11.9 Å². The predicted octanol–water partition coefficient (Wildman–Crippen LogP) is 2.99. The first-order chi connectivity index (χ1) is 9.51. The Balaban J connectivity index is 2.47. The summed E-state index contributed by atoms with van der Waals surface area (Å²) < 4.78 is 0. The molecule has 0 fully saturated rings. The smallest absolute Gasteiger partial charge is 0.173 e. The van der Waals surface area contributed by atoms with Gasteiger partial charge < -0.3 is 10.9 Å². The highest BCUT2D eigenvalue weighted by molar-refractivity contribution is 7.99. The molecule has 0 aliphatic rings. The molecule has 7 heteroatoms. The van der Waals surface area contributed by atoms with Crippen molar-refractivity contribution in [3.8, 4) is 0 Å². The summed E-state index contributed by atoms with van der Waals surface area (Å²) in [4.78, 5) is 8.65. The van der Waals surface area contributed by atoms with E-state index in [0.717, 1.165) is 16.3 Å². The average molecular weight is 309 g/mol. The highest BCUT2D eigenvalue weighted by atomic mass is 35.5. The Bertz CT molecular complexity index is 658. The number of nitrogens with zero attached hydrogens (tertiary/aromatic N) is 3. The molecule has 2 rings (SSSR count). The molecule has 0 saturated heterocycles. The summed E-state index contributed by atoms with van der Waals surface area (Å²) in [5.41, 5.74) is 8.09. The van der Waals surface area contributed by atoms with Gasteiger partial charge in [0.2, 0.25) is 0 Å². The van der Waals surface area contributed by atoms with Crippen molar-refractivity contribution in [1.82, 2.24) is 9.97 Å². The van der Waals surface area contributed by atoms with Gasteiger partial charge in [0.1, 0.15) is 10.1 Å². The molecule has 0 saturated carbocycles. The van der Waals surface area contributed by atoms with Crippen LogP contribution >= 0.6 is 23.4 Å². The lowest BCUT2D eigenvalue weighted by atomic mass is 10.1. The van der Waals surface area contributed by atoms with Crippen molar-refractivity contribution >= 4 is 29.2 Å². The zero-order chi connectivity index (χ0) is 14.7. The fraction of sp³-hybridized carbons (Fsp3) is 0.154. The minimum atomic E-state index is 0.0338. The van der Waals surface area contributed by atoms with Gasteiger partial charge in [0.05, 0.1) is 10.6 Å². The van der Waals surface area contributed by atoms with Gasteiger partial charge in [-0.1, -0.05) is 16.8 Å². The largest absolute Gasteiger partial charge is 0.409 e. The lowest BCUT2D eigenvalue weighted by Gasteiger charge is -2.11. The fourth-order valence-corrected chi connectivity index (χ4v) is 2.87. The fourth-order valence-electron chi connectivity index (χ4n) is 1.76. The van der Waals surface area contributed by atoms with E-state index in [2.05, 4.69) is 15.1 Å². The Kier molecular flexibility index (Phi) is 4.46. The quantitative estimate of drug-likeness (QED) is 0.394. The summed E-state index contributed by atoms with van der Waals surface area (Å²) in [7, 11) is 0. The number of rotatable bonds is 3. The maximum Gasteiger partial charge on any atom is 0.173 e. The highest BCUT2D eigenvalue weighted by Crippen LogP contribution is 2.30. The van der Waals surface area contributed by atoms with Crippen molar-refractivity contribution in [2.24, 2.45) is 10.9 Å². The second-order valence-corrected chi connectivity index (χ2v) is 5.61. The molecule has 0 spiro atoms. The molecule has 0 bridgehead atoms. The zero-order valence-corrected chi connectivity index (χ0v) is 12.5. The Morgan fingerprint density at radius 3 is 2.75 bits per heavy atom. The second-order valence-electron chi connectivity index (χ2n) is 4.16. The summed E-state index contributed by atoms with van der Waals surface area (Å²) in [5.74, 6) is 0.0338. The van der Waals surface area contributed by atoms with Crippen molar-refractivity contribution < 1.29 is 5.21 Å². The van der Waals surface area contributed by atoms with E-state index in [1.807, 2.05) is 19.9 Å². The Morgan fingerprint density at radius 2 is 2.15 bits per heavy atom. The van der Waals surface area contributed by atoms with E-state index in [4.69, 9.17) is 22.5 Å². The minimum absolute atomic E-state index is 0.0338. The number of aryl methyl sites for hydroxylation is 2. The van der Waals surface area contributed by atoms with Gasteiger partial charge in [-0.15, -0.1) is 0 Å². The summed E-state index contributed by atoms with van der Waals surface area (Å²) in [6.07, 6.45) is 1.57. The molecule has 0 radical (unpaired) electrons. The maximum absolute atomic E-state index is 8.90. The van der Waals surface area contributed by atoms with Crippen molar-refractivity contribution in [1.29, 1.82) is 0 Å². The molecule has 0 aliphatic heterocycles. The third-order valence-corrected chi connectivity index (χ3v) is 3.74. The molecule has 0 amide bonds. The number of halogens is 1. The van der Waals surface area contributed by atoms with Gasteiger partial charge in [-0.05, 0) is 49.4 Å². The lowest BCUT2D eigenvalue weighted by Crippen LogP contribution is -2.17. The predicted molar refractivity (Wildman–Crippen MR) is 79.6 cm³/mol. The molecule has 2 heterocycles. The number of pyridine rings is 2. The summed E-state index contributed by atoms with van der Waals surface area (Å²) in [6.45, 7) is 3.78. The molecule has 3 N–H and O–H groups in total. The SMILES string of the molecule is Cc1cc(C)c(C(N)=NO)c(Sc2ccc(Cl)cn2)n1. The first-order valence-electron chi connectivity index (χ1n) is 5.77. The van der Waals surface area contributed by atoms with Crippen LogP contribution in [0, 0.1) is 13.8 Å². The number of hydrogen-bond donors (Lipinski definition) is 2. The van der Waals surface area contributed by atoms with Crippen LogP contribution in [-0.4, -0.2) is 21.0 Å². The Labute approximate surface area is 125 Å². The third kappa shape index (κ3) is 3.20. The van der Waals surface area contributed by atoms with Gasteiger partial charge in [-0.2, -0.15) is 0 Å². The lowest BCUT2D eigenvalue weighted by molar-refractivity contribution is 0.318. The molecule has 0 atom stereocenters. The van der Waals surface area contributed by atoms with Crippen LogP contribution in [0.25, 0.3) is 0 Å². The van der Waals surface area contributed by atoms with Crippen LogP contribution in [0.5, 0.6) is 0 Å². The van der Waals surface area contributed by atoms with Crippen molar-refractivity contribution in [3.63, 3.8) is 0 Å². The molecule has 5 nitrogen and oxygen atoms in total. The van der Waals surface area contributed by atoms with Gasteiger partial charge in [-0.25, -0.2) is 9.97 Å². The standard InChI is InChI=1S/C13H13ClN4OS/c1-7-5-8(2)17-13(11(7)12(15)18-19)20-10-4-3-9(14)6-16-10/h3-6,19H,1-2H3,(H2,15,18). The molecule has 0 unspecified atom stereocenters. The second kappa shape index (κ2) is 6.11. The molecule has 20 heavy (non-hydrogen) atoms. The zero-order valence-electron chi connectivity index (χ0n) is 11.0. The normalized spacial score (nSPS) is 11.7. The van der Waals surface area contributed by atoms with E-state index in [0.29, 0.717) is 15.6 Å². The van der Waals surface area contributed by atoms with E-state index in [1.54, 1.807) is 18.3 Å². The third-order valence-electron chi connectivity index (χ3n) is 2.58. The van der Waals surface area contributed by atoms with E-state index in [1.165, 1.54) is 11.8 Å². The van der Waals surface area contributed by atoms with Crippen LogP contribution in [0.15, 0.2) is 39.6 Å². The van der Waals surface area contributed by atoms with Crippen molar-refractivity contribution in [3.05, 3.63) is 46.2 Å². The molecule has 0 aromatic carbocycles. The maximum atomic E-state index is 8.90. The molecule has 104 valence electrons. The van der Waals surface area contributed by atoms with Crippen LogP contribution in [0.4, 0.5) is 0 Å². The minimum Gasteiger partial charge on any atom is -0.409 e. The van der Waals surface area contributed by atoms with Gasteiger partial charge in [-0.3, -0.25) is 0 Å². The molecule has 2 aromatic rings. The van der Waals surface area contributed by atoms with Crippen LogP contribution in [0.3, 0.4) is 0 Å². The van der Waals surface area contributed by atoms with Crippen molar-refractivity contribution in [2.75, 3.05) is 0 Å². The van der Waals surface area contributed by atoms with E-state index in [-0.39, 0.29) is 5.84 Å². The number of amidine groups is 1. The first kappa shape index (κ1) is 14.6. The van der Waals surface area contributed by atoms with Crippen LogP contribution in [0.1, 0.15) is 16.8 Å². The monoisotopic (exact) mass is 308 g/mol. The summed E-state index contributed by atoms with van der Waals surface area (Å²) in [6, 6.07) is 5.43. The Hall–Kier alpha value is -1.79. The molecule has 2 aromatic heterocycles. The Morgan fingerprint density at radius 1 is 1.40 bits per heavy atom. The number of aromatic nitrogens is 2. The molecule has 0 aliphatic carbocycles. The van der Waals surface area contributed by atoms with Gasteiger partial charge in [0.25, 0.3) is 0 Å². The molecular weight excluding hydrogens is 296 g/mol. The van der Waals surface area contributed by atoms with Crippen molar-refractivity contribution in [2.45, 2.75) is 23.9 Å². The summed E-state index contributed by atoms with van der Waals surface area (Å²) in [5, 5.41) is 13.9. The number of hydrogen-bond acceptors (Lipinski definition) is 5. The number of nitrogens with two attached hydrogens (primary N) is 1. The highest BCUT2D eigenvalue weighted by Gasteiger charge is 2.15. The van der Waals surface area contributed by atoms with Gasteiger partial charge in [0.15, 0.2) is 5.84 Å². The average Bonchev–Trinajstić information content (AvgIpc) is 2.40. The topological polar surface area (TPSA) is 84.4 Å².